The summed E-state index contributed by atoms with van der Waals surface area (Å²) in [4.78, 5) is 19.9. The van der Waals surface area contributed by atoms with Crippen LogP contribution < -0.4 is 5.32 Å². The molecule has 1 unspecified atom stereocenters. The number of amides is 1. The lowest BCUT2D eigenvalue weighted by atomic mass is 9.93. The predicted octanol–water partition coefficient (Wildman–Crippen LogP) is 5.09. The molecule has 6 heteroatoms. The van der Waals surface area contributed by atoms with Gasteiger partial charge in [0.2, 0.25) is 5.91 Å². The Morgan fingerprint density at radius 1 is 1.14 bits per heavy atom. The molecule has 5 rings (SSSR count). The SMILES string of the molecule is CC(c1cccc2ccccc12)N1CCC[C@H](C(=O)NCCc2cncn2Cc2ccc(C#N)cc2)C1. The second kappa shape index (κ2) is 11.4. The van der Waals surface area contributed by atoms with Crippen molar-refractivity contribution in [3.8, 4) is 6.07 Å². The lowest BCUT2D eigenvalue weighted by molar-refractivity contribution is -0.126. The van der Waals surface area contributed by atoms with E-state index in [0.717, 1.165) is 43.6 Å². The molecule has 1 aromatic heterocycles. The monoisotopic (exact) mass is 491 g/mol. The number of imidazole rings is 1. The number of hydrogen-bond acceptors (Lipinski definition) is 4. The summed E-state index contributed by atoms with van der Waals surface area (Å²) in [7, 11) is 0. The average Bonchev–Trinajstić information content (AvgIpc) is 3.39. The minimum atomic E-state index is 0.00901. The van der Waals surface area contributed by atoms with Crippen LogP contribution in [0.15, 0.2) is 79.3 Å². The fraction of sp³-hybridized carbons (Fsp3) is 0.323. The van der Waals surface area contributed by atoms with Gasteiger partial charge in [-0.2, -0.15) is 5.26 Å². The molecule has 0 saturated carbocycles. The number of hydrogen-bond donors (Lipinski definition) is 1. The van der Waals surface area contributed by atoms with Gasteiger partial charge in [-0.05, 0) is 60.3 Å². The Balaban J connectivity index is 1.16. The number of benzene rings is 3. The van der Waals surface area contributed by atoms with Crippen LogP contribution in [-0.2, 0) is 17.8 Å². The molecule has 1 aliphatic rings. The molecule has 3 aromatic carbocycles. The molecule has 0 bridgehead atoms. The van der Waals surface area contributed by atoms with Crippen LogP contribution in [0.2, 0.25) is 0 Å². The highest BCUT2D eigenvalue weighted by molar-refractivity contribution is 5.86. The van der Waals surface area contributed by atoms with Crippen LogP contribution in [0.3, 0.4) is 0 Å². The van der Waals surface area contributed by atoms with Gasteiger partial charge in [0.1, 0.15) is 0 Å². The number of fused-ring (bicyclic) bond motifs is 1. The van der Waals surface area contributed by atoms with Gasteiger partial charge in [-0.1, -0.05) is 54.6 Å². The molecule has 0 radical (unpaired) electrons. The molecule has 1 fully saturated rings. The van der Waals surface area contributed by atoms with Crippen LogP contribution in [0, 0.1) is 17.2 Å². The zero-order valence-electron chi connectivity index (χ0n) is 21.3. The van der Waals surface area contributed by atoms with Crippen LogP contribution in [0.4, 0.5) is 0 Å². The molecule has 1 saturated heterocycles. The molecule has 1 amide bonds. The van der Waals surface area contributed by atoms with Crippen molar-refractivity contribution >= 4 is 16.7 Å². The van der Waals surface area contributed by atoms with Crippen LogP contribution in [0.5, 0.6) is 0 Å². The molecule has 4 aromatic rings. The number of carbonyl (C=O) groups is 1. The maximum absolute atomic E-state index is 13.1. The van der Waals surface area contributed by atoms with Crippen LogP contribution in [0.1, 0.15) is 48.2 Å². The van der Waals surface area contributed by atoms with E-state index in [1.165, 1.54) is 16.3 Å². The first-order valence-electron chi connectivity index (χ1n) is 13.1. The van der Waals surface area contributed by atoms with E-state index >= 15 is 0 Å². The maximum atomic E-state index is 13.1. The topological polar surface area (TPSA) is 74.0 Å². The molecule has 0 aliphatic carbocycles. The standard InChI is InChI=1S/C31H33N5O/c1-23(29-10-4-7-26-6-2-3-9-30(26)29)35-17-5-8-27(21-35)31(37)34-16-15-28-19-33-22-36(28)20-25-13-11-24(18-32)12-14-25/h2-4,6-7,9-14,19,22-23,27H,5,8,15-17,20-21H2,1H3,(H,34,37)/t23?,27-/m0/s1. The Hall–Kier alpha value is -3.95. The summed E-state index contributed by atoms with van der Waals surface area (Å²) in [5.41, 5.74) is 4.18. The van der Waals surface area contributed by atoms with Crippen molar-refractivity contribution in [3.05, 3.63) is 102 Å². The third-order valence-corrected chi connectivity index (χ3v) is 7.56. The number of piperidine rings is 1. The summed E-state index contributed by atoms with van der Waals surface area (Å²) in [5.74, 6) is 0.155. The van der Waals surface area contributed by atoms with Crippen LogP contribution in [-0.4, -0.2) is 40.0 Å². The largest absolute Gasteiger partial charge is 0.355 e. The molecule has 0 spiro atoms. The van der Waals surface area contributed by atoms with E-state index in [1.807, 2.05) is 36.8 Å². The Kier molecular flexibility index (Phi) is 7.62. The number of nitriles is 1. The van der Waals surface area contributed by atoms with E-state index in [1.54, 1.807) is 0 Å². The van der Waals surface area contributed by atoms with E-state index in [0.29, 0.717) is 18.7 Å². The highest BCUT2D eigenvalue weighted by atomic mass is 16.1. The molecular weight excluding hydrogens is 458 g/mol. The molecule has 2 heterocycles. The van der Waals surface area contributed by atoms with Gasteiger partial charge in [0.25, 0.3) is 0 Å². The normalized spacial score (nSPS) is 16.8. The van der Waals surface area contributed by atoms with Crippen LogP contribution in [0.25, 0.3) is 10.8 Å². The molecular formula is C31H33N5O. The van der Waals surface area contributed by atoms with Crippen molar-refractivity contribution in [2.45, 2.75) is 38.8 Å². The first-order chi connectivity index (χ1) is 18.1. The summed E-state index contributed by atoms with van der Waals surface area (Å²) in [5, 5.41) is 14.7. The fourth-order valence-electron chi connectivity index (χ4n) is 5.42. The van der Waals surface area contributed by atoms with Gasteiger partial charge in [-0.25, -0.2) is 4.98 Å². The summed E-state index contributed by atoms with van der Waals surface area (Å²) >= 11 is 0. The van der Waals surface area contributed by atoms with Crippen molar-refractivity contribution in [3.63, 3.8) is 0 Å². The number of nitrogens with one attached hydrogen (secondary N) is 1. The van der Waals surface area contributed by atoms with Gasteiger partial charge in [0.15, 0.2) is 0 Å². The zero-order chi connectivity index (χ0) is 25.6. The van der Waals surface area contributed by atoms with Crippen LogP contribution >= 0.6 is 0 Å². The second-order valence-electron chi connectivity index (χ2n) is 9.94. The average molecular weight is 492 g/mol. The maximum Gasteiger partial charge on any atom is 0.224 e. The van der Waals surface area contributed by atoms with E-state index in [-0.39, 0.29) is 17.9 Å². The lowest BCUT2D eigenvalue weighted by Crippen LogP contribution is -2.44. The van der Waals surface area contributed by atoms with Crippen molar-refractivity contribution in [1.29, 1.82) is 5.26 Å². The highest BCUT2D eigenvalue weighted by Gasteiger charge is 2.29. The van der Waals surface area contributed by atoms with Crippen molar-refractivity contribution in [2.75, 3.05) is 19.6 Å². The minimum Gasteiger partial charge on any atom is -0.355 e. The quantitative estimate of drug-likeness (QED) is 0.373. The number of aromatic nitrogens is 2. The first kappa shape index (κ1) is 24.7. The predicted molar refractivity (Wildman–Crippen MR) is 146 cm³/mol. The molecule has 188 valence electrons. The highest BCUT2D eigenvalue weighted by Crippen LogP contribution is 2.31. The Morgan fingerprint density at radius 2 is 1.95 bits per heavy atom. The third kappa shape index (κ3) is 5.73. The fourth-order valence-corrected chi connectivity index (χ4v) is 5.42. The molecule has 2 atom stereocenters. The number of nitrogens with zero attached hydrogens (tertiary/aromatic N) is 4. The lowest BCUT2D eigenvalue weighted by Gasteiger charge is -2.36. The number of rotatable bonds is 8. The molecule has 1 N–H and O–H groups in total. The number of carbonyl (C=O) groups excluding carboxylic acids is 1. The zero-order valence-corrected chi connectivity index (χ0v) is 21.3. The molecule has 37 heavy (non-hydrogen) atoms. The molecule has 1 aliphatic heterocycles. The minimum absolute atomic E-state index is 0.00901. The molecule has 6 nitrogen and oxygen atoms in total. The van der Waals surface area contributed by atoms with Gasteiger partial charge in [-0.15, -0.1) is 0 Å². The van der Waals surface area contributed by atoms with Crippen molar-refractivity contribution < 1.29 is 4.79 Å². The Labute approximate surface area is 218 Å². The Bertz CT molecular complexity index is 1400. The summed E-state index contributed by atoms with van der Waals surface area (Å²) in [6, 6.07) is 25.1. The van der Waals surface area contributed by atoms with Crippen molar-refractivity contribution in [1.82, 2.24) is 19.8 Å². The van der Waals surface area contributed by atoms with E-state index in [9.17, 15) is 4.79 Å². The summed E-state index contributed by atoms with van der Waals surface area (Å²) in [6.07, 6.45) is 6.38. The number of likely N-dealkylation sites (tertiary alicyclic amines) is 1. The smallest absolute Gasteiger partial charge is 0.224 e. The van der Waals surface area contributed by atoms with E-state index < -0.39 is 0 Å². The van der Waals surface area contributed by atoms with E-state index in [4.69, 9.17) is 5.26 Å². The summed E-state index contributed by atoms with van der Waals surface area (Å²) < 4.78 is 2.10. The third-order valence-electron chi connectivity index (χ3n) is 7.56. The van der Waals surface area contributed by atoms with E-state index in [2.05, 4.69) is 75.2 Å². The van der Waals surface area contributed by atoms with Gasteiger partial charge in [0.05, 0.1) is 23.9 Å². The van der Waals surface area contributed by atoms with Gasteiger partial charge >= 0.3 is 0 Å². The second-order valence-corrected chi connectivity index (χ2v) is 9.94. The van der Waals surface area contributed by atoms with Gasteiger partial charge in [0, 0.05) is 44.0 Å². The first-order valence-corrected chi connectivity index (χ1v) is 13.1. The van der Waals surface area contributed by atoms with Gasteiger partial charge in [-0.3, -0.25) is 9.69 Å². The Morgan fingerprint density at radius 3 is 2.78 bits per heavy atom. The van der Waals surface area contributed by atoms with Gasteiger partial charge < -0.3 is 9.88 Å². The summed E-state index contributed by atoms with van der Waals surface area (Å²) in [6.45, 7) is 5.35. The van der Waals surface area contributed by atoms with Crippen molar-refractivity contribution in [2.24, 2.45) is 5.92 Å².